The summed E-state index contributed by atoms with van der Waals surface area (Å²) in [5.41, 5.74) is 0.731. The number of nitrogens with one attached hydrogen (secondary N) is 2. The van der Waals surface area contributed by atoms with E-state index in [1.165, 1.54) is 30.0 Å². The van der Waals surface area contributed by atoms with Gasteiger partial charge in [-0.25, -0.2) is 8.42 Å². The molecule has 170 valence electrons. The predicted octanol–water partition coefficient (Wildman–Crippen LogP) is 3.75. The van der Waals surface area contributed by atoms with Gasteiger partial charge in [-0.05, 0) is 55.9 Å². The summed E-state index contributed by atoms with van der Waals surface area (Å²) in [5, 5.41) is 2.65. The third-order valence-corrected chi connectivity index (χ3v) is 7.34. The molecule has 0 spiro atoms. The van der Waals surface area contributed by atoms with Gasteiger partial charge in [-0.2, -0.15) is 0 Å². The molecule has 1 aliphatic heterocycles. The molecular weight excluding hydrogens is 446 g/mol. The van der Waals surface area contributed by atoms with Crippen molar-refractivity contribution < 1.29 is 18.0 Å². The topological polar surface area (TPSA) is 95.6 Å². The summed E-state index contributed by atoms with van der Waals surface area (Å²) < 4.78 is 28.8. The first-order valence-corrected chi connectivity index (χ1v) is 13.1. The fourth-order valence-electron chi connectivity index (χ4n) is 3.52. The van der Waals surface area contributed by atoms with Crippen LogP contribution in [0.25, 0.3) is 0 Å². The van der Waals surface area contributed by atoms with Crippen LogP contribution in [-0.4, -0.2) is 51.0 Å². The minimum atomic E-state index is -4.03. The Morgan fingerprint density at radius 1 is 1.09 bits per heavy atom. The van der Waals surface area contributed by atoms with E-state index >= 15 is 0 Å². The highest BCUT2D eigenvalue weighted by Gasteiger charge is 2.24. The number of amides is 2. The van der Waals surface area contributed by atoms with Crippen molar-refractivity contribution in [3.05, 3.63) is 66.2 Å². The molecule has 0 aromatic heterocycles. The molecule has 1 saturated heterocycles. The lowest BCUT2D eigenvalue weighted by atomic mass is 10.1. The Hall–Kier alpha value is -2.78. The van der Waals surface area contributed by atoms with Crippen molar-refractivity contribution in [2.45, 2.75) is 29.1 Å². The molecule has 32 heavy (non-hydrogen) atoms. The van der Waals surface area contributed by atoms with Crippen LogP contribution in [0.15, 0.2) is 64.9 Å². The lowest BCUT2D eigenvalue weighted by Crippen LogP contribution is -2.36. The Kier molecular flexibility index (Phi) is 7.98. The number of hydrogen-bond donors (Lipinski definition) is 2. The fourth-order valence-corrected chi connectivity index (χ4v) is 5.20. The second kappa shape index (κ2) is 10.7. The monoisotopic (exact) mass is 473 g/mol. The van der Waals surface area contributed by atoms with Gasteiger partial charge in [-0.1, -0.05) is 18.2 Å². The number of carbonyl (C=O) groups excluding carboxylic acids is 2. The van der Waals surface area contributed by atoms with Crippen LogP contribution in [0.5, 0.6) is 0 Å². The zero-order valence-electron chi connectivity index (χ0n) is 18.0. The second-order valence-corrected chi connectivity index (χ2v) is 9.90. The zero-order chi connectivity index (χ0) is 23.1. The molecule has 2 amide bonds. The molecule has 0 saturated carbocycles. The van der Waals surface area contributed by atoms with Crippen LogP contribution in [0.1, 0.15) is 40.0 Å². The number of sulfonamides is 1. The number of benzene rings is 2. The molecule has 3 rings (SSSR count). The van der Waals surface area contributed by atoms with E-state index in [-0.39, 0.29) is 28.6 Å². The van der Waals surface area contributed by atoms with Gasteiger partial charge < -0.3 is 10.2 Å². The predicted molar refractivity (Wildman–Crippen MR) is 128 cm³/mol. The second-order valence-electron chi connectivity index (χ2n) is 7.36. The Bertz CT molecular complexity index is 1110. The normalized spacial score (nSPS) is 14.0. The Morgan fingerprint density at radius 2 is 1.81 bits per heavy atom. The number of likely N-dealkylation sites (tertiary alicyclic amines) is 1. The molecule has 0 radical (unpaired) electrons. The maximum absolute atomic E-state index is 13.2. The van der Waals surface area contributed by atoms with Crippen molar-refractivity contribution in [1.82, 2.24) is 10.2 Å². The molecule has 0 aliphatic carbocycles. The standard InChI is InChI=1S/C23H27N3O4S2/c1-3-13-24-22(27)18-9-5-6-10-20(18)25-32(29,30)17-11-12-21(31-2)19(16-17)23(28)26-14-7-4-8-15-26/h3,5-6,9-12,16,25H,1,4,7-8,13-15H2,2H3,(H,24,27). The fraction of sp³-hybridized carbons (Fsp3) is 0.304. The number of para-hydroxylation sites is 1. The van der Waals surface area contributed by atoms with Crippen LogP contribution >= 0.6 is 11.8 Å². The van der Waals surface area contributed by atoms with E-state index in [0.717, 1.165) is 24.2 Å². The lowest BCUT2D eigenvalue weighted by molar-refractivity contribution is 0.0720. The largest absolute Gasteiger partial charge is 0.349 e. The summed E-state index contributed by atoms with van der Waals surface area (Å²) in [6, 6.07) is 10.9. The van der Waals surface area contributed by atoms with E-state index in [4.69, 9.17) is 0 Å². The third-order valence-electron chi connectivity index (χ3n) is 5.18. The quantitative estimate of drug-likeness (QED) is 0.450. The van der Waals surface area contributed by atoms with Crippen LogP contribution in [0, 0.1) is 0 Å². The zero-order valence-corrected chi connectivity index (χ0v) is 19.6. The maximum atomic E-state index is 13.2. The molecule has 0 atom stereocenters. The van der Waals surface area contributed by atoms with Crippen LogP contribution < -0.4 is 10.0 Å². The van der Waals surface area contributed by atoms with Gasteiger partial charge in [-0.15, -0.1) is 18.3 Å². The number of carbonyl (C=O) groups is 2. The van der Waals surface area contributed by atoms with Gasteiger partial charge in [0.25, 0.3) is 21.8 Å². The van der Waals surface area contributed by atoms with Crippen molar-refractivity contribution in [1.29, 1.82) is 0 Å². The molecule has 0 bridgehead atoms. The van der Waals surface area contributed by atoms with Crippen molar-refractivity contribution in [2.75, 3.05) is 30.6 Å². The van der Waals surface area contributed by atoms with E-state index in [0.29, 0.717) is 18.7 Å². The molecule has 9 heteroatoms. The highest BCUT2D eigenvalue weighted by molar-refractivity contribution is 7.98. The molecule has 2 aromatic rings. The minimum Gasteiger partial charge on any atom is -0.349 e. The van der Waals surface area contributed by atoms with Crippen LogP contribution in [0.2, 0.25) is 0 Å². The first-order chi connectivity index (χ1) is 15.4. The highest BCUT2D eigenvalue weighted by atomic mass is 32.2. The van der Waals surface area contributed by atoms with E-state index in [2.05, 4.69) is 16.6 Å². The molecule has 7 nitrogen and oxygen atoms in total. The van der Waals surface area contributed by atoms with E-state index < -0.39 is 15.9 Å². The van der Waals surface area contributed by atoms with Crippen LogP contribution in [0.3, 0.4) is 0 Å². The van der Waals surface area contributed by atoms with Gasteiger partial charge in [0.2, 0.25) is 0 Å². The van der Waals surface area contributed by atoms with E-state index in [9.17, 15) is 18.0 Å². The van der Waals surface area contributed by atoms with E-state index in [1.54, 1.807) is 35.2 Å². The molecule has 2 N–H and O–H groups in total. The number of rotatable bonds is 8. The molecular formula is C23H27N3O4S2. The SMILES string of the molecule is C=CCNC(=O)c1ccccc1NS(=O)(=O)c1ccc(SC)c(C(=O)N2CCCCC2)c1. The average Bonchev–Trinajstić information content (AvgIpc) is 2.82. The first-order valence-electron chi connectivity index (χ1n) is 10.4. The van der Waals surface area contributed by atoms with Crippen molar-refractivity contribution in [3.63, 3.8) is 0 Å². The first kappa shape index (κ1) is 23.9. The third kappa shape index (κ3) is 5.52. The van der Waals surface area contributed by atoms with E-state index in [1.807, 2.05) is 6.26 Å². The van der Waals surface area contributed by atoms with Gasteiger partial charge in [0.1, 0.15) is 0 Å². The molecule has 0 unspecified atom stereocenters. The summed E-state index contributed by atoms with van der Waals surface area (Å²) >= 11 is 1.40. The summed E-state index contributed by atoms with van der Waals surface area (Å²) in [6.07, 6.45) is 6.39. The van der Waals surface area contributed by atoms with Gasteiger partial charge in [-0.3, -0.25) is 14.3 Å². The van der Waals surface area contributed by atoms with Crippen LogP contribution in [-0.2, 0) is 10.0 Å². The van der Waals surface area contributed by atoms with Gasteiger partial charge >= 0.3 is 0 Å². The number of anilines is 1. The smallest absolute Gasteiger partial charge is 0.261 e. The summed E-state index contributed by atoms with van der Waals surface area (Å²) in [6.45, 7) is 5.17. The summed E-state index contributed by atoms with van der Waals surface area (Å²) in [4.78, 5) is 28.0. The summed E-state index contributed by atoms with van der Waals surface area (Å²) in [7, 11) is -4.03. The number of thioether (sulfide) groups is 1. The van der Waals surface area contributed by atoms with Crippen molar-refractivity contribution in [2.24, 2.45) is 0 Å². The Labute approximate surface area is 193 Å². The molecule has 1 heterocycles. The number of nitrogens with zero attached hydrogens (tertiary/aromatic N) is 1. The molecule has 1 aliphatic rings. The Balaban J connectivity index is 1.92. The van der Waals surface area contributed by atoms with Crippen molar-refractivity contribution in [3.8, 4) is 0 Å². The van der Waals surface area contributed by atoms with Gasteiger partial charge in [0, 0.05) is 24.5 Å². The Morgan fingerprint density at radius 3 is 2.50 bits per heavy atom. The van der Waals surface area contributed by atoms with Crippen LogP contribution in [0.4, 0.5) is 5.69 Å². The lowest BCUT2D eigenvalue weighted by Gasteiger charge is -2.27. The van der Waals surface area contributed by atoms with Gasteiger partial charge in [0.05, 0.1) is 21.7 Å². The van der Waals surface area contributed by atoms with Crippen molar-refractivity contribution >= 4 is 39.3 Å². The average molecular weight is 474 g/mol. The summed E-state index contributed by atoms with van der Waals surface area (Å²) in [5.74, 6) is -0.572. The molecule has 1 fully saturated rings. The molecule has 2 aromatic carbocycles. The van der Waals surface area contributed by atoms with Gasteiger partial charge in [0.15, 0.2) is 0 Å². The highest BCUT2D eigenvalue weighted by Crippen LogP contribution is 2.28. The number of piperidine rings is 1. The minimum absolute atomic E-state index is 0.0306. The maximum Gasteiger partial charge on any atom is 0.261 e. The number of hydrogen-bond acceptors (Lipinski definition) is 5.